The fourth-order valence-electron chi connectivity index (χ4n) is 3.52. The highest BCUT2D eigenvalue weighted by Gasteiger charge is 2.34. The summed E-state index contributed by atoms with van der Waals surface area (Å²) >= 11 is 0. The van der Waals surface area contributed by atoms with Crippen LogP contribution in [0.1, 0.15) is 30.4 Å². The Kier molecular flexibility index (Phi) is 4.36. The first-order chi connectivity index (χ1) is 10.6. The predicted molar refractivity (Wildman–Crippen MR) is 83.4 cm³/mol. The van der Waals surface area contributed by atoms with E-state index in [4.69, 9.17) is 10.5 Å². The molecule has 0 bridgehead atoms. The molecular weight excluding hydrogens is 280 g/mol. The van der Waals surface area contributed by atoms with E-state index >= 15 is 0 Å². The number of nitrogens with zero attached hydrogens (tertiary/aromatic N) is 1. The molecule has 3 N–H and O–H groups in total. The molecule has 1 aliphatic carbocycles. The van der Waals surface area contributed by atoms with E-state index in [0.717, 1.165) is 25.1 Å². The van der Waals surface area contributed by atoms with Crippen LogP contribution in [0.15, 0.2) is 18.2 Å². The number of fused-ring (bicyclic) bond motifs is 1. The van der Waals surface area contributed by atoms with Crippen LogP contribution in [-0.4, -0.2) is 41.7 Å². The molecule has 0 radical (unpaired) electrons. The number of aliphatic hydroxyl groups is 1. The third-order valence-corrected chi connectivity index (χ3v) is 4.95. The number of methoxy groups -OCH3 is 1. The van der Waals surface area contributed by atoms with Crippen LogP contribution in [-0.2, 0) is 17.8 Å². The molecule has 3 atom stereocenters. The zero-order valence-corrected chi connectivity index (χ0v) is 13.0. The Bertz CT molecular complexity index is 561. The van der Waals surface area contributed by atoms with Crippen molar-refractivity contribution in [1.82, 2.24) is 4.90 Å². The third kappa shape index (κ3) is 2.96. The van der Waals surface area contributed by atoms with Crippen molar-refractivity contribution in [1.29, 1.82) is 0 Å². The quantitative estimate of drug-likeness (QED) is 0.857. The highest BCUT2D eigenvalue weighted by molar-refractivity contribution is 5.79. The minimum absolute atomic E-state index is 0.0433. The zero-order chi connectivity index (χ0) is 15.7. The third-order valence-electron chi connectivity index (χ3n) is 4.95. The highest BCUT2D eigenvalue weighted by atomic mass is 16.5. The molecule has 5 nitrogen and oxygen atoms in total. The van der Waals surface area contributed by atoms with Crippen LogP contribution in [0.3, 0.4) is 0 Å². The number of amides is 1. The molecule has 120 valence electrons. The van der Waals surface area contributed by atoms with Crippen molar-refractivity contribution in [3.63, 3.8) is 0 Å². The number of ether oxygens (including phenoxy) is 1. The lowest BCUT2D eigenvalue weighted by molar-refractivity contribution is -0.138. The summed E-state index contributed by atoms with van der Waals surface area (Å²) in [5.41, 5.74) is 8.37. The summed E-state index contributed by atoms with van der Waals surface area (Å²) < 4.78 is 5.25. The molecule has 0 unspecified atom stereocenters. The Balaban J connectivity index is 1.68. The van der Waals surface area contributed by atoms with Crippen molar-refractivity contribution in [2.45, 2.75) is 44.4 Å². The van der Waals surface area contributed by atoms with E-state index in [1.165, 1.54) is 11.1 Å². The normalized spacial score (nSPS) is 28.1. The molecule has 1 aromatic rings. The molecule has 1 saturated carbocycles. The van der Waals surface area contributed by atoms with E-state index in [9.17, 15) is 9.90 Å². The Labute approximate surface area is 131 Å². The van der Waals surface area contributed by atoms with E-state index in [1.54, 1.807) is 7.11 Å². The monoisotopic (exact) mass is 304 g/mol. The van der Waals surface area contributed by atoms with Crippen molar-refractivity contribution in [3.05, 3.63) is 29.3 Å². The molecule has 1 fully saturated rings. The summed E-state index contributed by atoms with van der Waals surface area (Å²) in [4.78, 5) is 14.6. The minimum Gasteiger partial charge on any atom is -0.497 e. The molecule has 0 spiro atoms. The van der Waals surface area contributed by atoms with Gasteiger partial charge in [-0.25, -0.2) is 0 Å². The van der Waals surface area contributed by atoms with E-state index in [1.807, 2.05) is 17.0 Å². The maximum Gasteiger partial charge on any atom is 0.226 e. The molecule has 1 aromatic carbocycles. The fourth-order valence-corrected chi connectivity index (χ4v) is 3.52. The van der Waals surface area contributed by atoms with Crippen molar-refractivity contribution < 1.29 is 14.6 Å². The summed E-state index contributed by atoms with van der Waals surface area (Å²) in [7, 11) is 1.67. The number of aliphatic hydroxyl groups excluding tert-OH is 1. The number of rotatable bonds is 2. The van der Waals surface area contributed by atoms with Crippen molar-refractivity contribution in [2.24, 2.45) is 11.7 Å². The van der Waals surface area contributed by atoms with Gasteiger partial charge in [-0.3, -0.25) is 4.79 Å². The van der Waals surface area contributed by atoms with E-state index in [2.05, 4.69) is 6.07 Å². The van der Waals surface area contributed by atoms with Crippen LogP contribution in [0, 0.1) is 5.92 Å². The second-order valence-electron chi connectivity index (χ2n) is 6.39. The van der Waals surface area contributed by atoms with Crippen LogP contribution in [0.25, 0.3) is 0 Å². The van der Waals surface area contributed by atoms with Crippen molar-refractivity contribution in [2.75, 3.05) is 13.7 Å². The van der Waals surface area contributed by atoms with Gasteiger partial charge < -0.3 is 20.5 Å². The van der Waals surface area contributed by atoms with Gasteiger partial charge in [-0.15, -0.1) is 0 Å². The molecule has 1 amide bonds. The van der Waals surface area contributed by atoms with Gasteiger partial charge >= 0.3 is 0 Å². The molecule has 2 aliphatic rings. The topological polar surface area (TPSA) is 75.8 Å². The van der Waals surface area contributed by atoms with Gasteiger partial charge in [0, 0.05) is 25.0 Å². The molecule has 5 heteroatoms. The van der Waals surface area contributed by atoms with E-state index in [-0.39, 0.29) is 17.9 Å². The Hall–Kier alpha value is -1.59. The van der Waals surface area contributed by atoms with Crippen molar-refractivity contribution >= 4 is 5.91 Å². The number of hydrogen-bond donors (Lipinski definition) is 2. The van der Waals surface area contributed by atoms with Crippen LogP contribution in [0.4, 0.5) is 0 Å². The van der Waals surface area contributed by atoms with Gasteiger partial charge in [-0.1, -0.05) is 6.07 Å². The highest BCUT2D eigenvalue weighted by Crippen LogP contribution is 2.29. The second kappa shape index (κ2) is 6.26. The average molecular weight is 304 g/mol. The Morgan fingerprint density at radius 3 is 2.91 bits per heavy atom. The number of hydrogen-bond acceptors (Lipinski definition) is 4. The largest absolute Gasteiger partial charge is 0.497 e. The molecule has 0 saturated heterocycles. The van der Waals surface area contributed by atoms with Gasteiger partial charge in [0.25, 0.3) is 0 Å². The van der Waals surface area contributed by atoms with Gasteiger partial charge in [0.05, 0.1) is 13.2 Å². The standard InChI is InChI=1S/C17H24N2O3/c1-22-14-4-2-13-10-19(7-6-11(13)8-14)17(21)12-3-5-16(20)15(18)9-12/h2,4,8,12,15-16,20H,3,5-7,9-10,18H2,1H3/t12-,15+,16+/m0/s1. The lowest BCUT2D eigenvalue weighted by Gasteiger charge is -2.36. The summed E-state index contributed by atoms with van der Waals surface area (Å²) in [6, 6.07) is 5.78. The minimum atomic E-state index is -0.460. The summed E-state index contributed by atoms with van der Waals surface area (Å²) in [5.74, 6) is 1.01. The average Bonchev–Trinajstić information content (AvgIpc) is 2.55. The molecular formula is C17H24N2O3. The molecule has 1 heterocycles. The van der Waals surface area contributed by atoms with Gasteiger partial charge in [0.15, 0.2) is 0 Å². The molecule has 22 heavy (non-hydrogen) atoms. The van der Waals surface area contributed by atoms with Crippen LogP contribution in [0.5, 0.6) is 5.75 Å². The zero-order valence-electron chi connectivity index (χ0n) is 13.0. The predicted octanol–water partition coefficient (Wildman–Crippen LogP) is 1.07. The summed E-state index contributed by atoms with van der Waals surface area (Å²) in [5, 5.41) is 9.71. The maximum absolute atomic E-state index is 12.7. The van der Waals surface area contributed by atoms with Crippen molar-refractivity contribution in [3.8, 4) is 5.75 Å². The summed E-state index contributed by atoms with van der Waals surface area (Å²) in [6.45, 7) is 1.40. The number of carbonyl (C=O) groups excluding carboxylic acids is 1. The van der Waals surface area contributed by atoms with Gasteiger partial charge in [-0.05, 0) is 48.9 Å². The molecule has 1 aliphatic heterocycles. The van der Waals surface area contributed by atoms with Crippen LogP contribution < -0.4 is 10.5 Å². The van der Waals surface area contributed by atoms with Crippen LogP contribution >= 0.6 is 0 Å². The number of benzene rings is 1. The molecule has 0 aromatic heterocycles. The first kappa shape index (κ1) is 15.3. The molecule has 3 rings (SSSR count). The van der Waals surface area contributed by atoms with Gasteiger partial charge in [-0.2, -0.15) is 0 Å². The fraction of sp³-hybridized carbons (Fsp3) is 0.588. The first-order valence-electron chi connectivity index (χ1n) is 7.96. The smallest absolute Gasteiger partial charge is 0.226 e. The Morgan fingerprint density at radius 2 is 2.18 bits per heavy atom. The maximum atomic E-state index is 12.7. The van der Waals surface area contributed by atoms with Gasteiger partial charge in [0.2, 0.25) is 5.91 Å². The number of carbonyl (C=O) groups is 1. The lowest BCUT2D eigenvalue weighted by atomic mass is 9.83. The first-order valence-corrected chi connectivity index (χ1v) is 7.96. The lowest BCUT2D eigenvalue weighted by Crippen LogP contribution is -2.47. The van der Waals surface area contributed by atoms with E-state index in [0.29, 0.717) is 19.4 Å². The van der Waals surface area contributed by atoms with Crippen LogP contribution in [0.2, 0.25) is 0 Å². The van der Waals surface area contributed by atoms with E-state index < -0.39 is 6.10 Å². The SMILES string of the molecule is COc1ccc2c(c1)CCN(C(=O)[C@H]1CC[C@@H](O)[C@H](N)C1)C2. The Morgan fingerprint density at radius 1 is 1.36 bits per heavy atom. The number of nitrogens with two attached hydrogens (primary N) is 1. The second-order valence-corrected chi connectivity index (χ2v) is 6.39. The summed E-state index contributed by atoms with van der Waals surface area (Å²) in [6.07, 6.45) is 2.35. The van der Waals surface area contributed by atoms with Gasteiger partial charge in [0.1, 0.15) is 5.75 Å².